The molecular formula is C7H10ClNO2S2. The Morgan fingerprint density at radius 1 is 1.46 bits per heavy atom. The molecule has 0 aliphatic rings. The van der Waals surface area contributed by atoms with E-state index in [4.69, 9.17) is 17.3 Å². The molecule has 0 saturated heterocycles. The van der Waals surface area contributed by atoms with Crippen molar-refractivity contribution >= 4 is 32.8 Å². The molecule has 1 aromatic heterocycles. The predicted octanol–water partition coefficient (Wildman–Crippen LogP) is 1.52. The van der Waals surface area contributed by atoms with Gasteiger partial charge in [0.1, 0.15) is 4.21 Å². The average molecular weight is 240 g/mol. The maximum absolute atomic E-state index is 11.5. The van der Waals surface area contributed by atoms with E-state index in [0.717, 1.165) is 11.3 Å². The summed E-state index contributed by atoms with van der Waals surface area (Å²) in [6, 6.07) is 3.11. The van der Waals surface area contributed by atoms with Crippen LogP contribution in [0.25, 0.3) is 0 Å². The van der Waals surface area contributed by atoms with E-state index in [1.54, 1.807) is 6.07 Å². The number of nitrogens with two attached hydrogens (primary N) is 1. The molecule has 0 aliphatic carbocycles. The minimum atomic E-state index is -3.15. The van der Waals surface area contributed by atoms with Gasteiger partial charge >= 0.3 is 0 Å². The van der Waals surface area contributed by atoms with E-state index in [0.29, 0.717) is 21.5 Å². The van der Waals surface area contributed by atoms with E-state index in [9.17, 15) is 8.42 Å². The van der Waals surface area contributed by atoms with Gasteiger partial charge in [0.2, 0.25) is 0 Å². The van der Waals surface area contributed by atoms with Gasteiger partial charge < -0.3 is 5.73 Å². The molecule has 0 aliphatic heterocycles. The highest BCUT2D eigenvalue weighted by molar-refractivity contribution is 7.93. The summed E-state index contributed by atoms with van der Waals surface area (Å²) < 4.78 is 23.8. The minimum absolute atomic E-state index is 0.0976. The van der Waals surface area contributed by atoms with Crippen LogP contribution >= 0.6 is 22.9 Å². The molecule has 0 bridgehead atoms. The second-order valence-corrected chi connectivity index (χ2v) is 6.57. The van der Waals surface area contributed by atoms with Gasteiger partial charge in [-0.2, -0.15) is 0 Å². The Labute approximate surface area is 86.4 Å². The Kier molecular flexibility index (Phi) is 3.73. The van der Waals surface area contributed by atoms with Crippen molar-refractivity contribution in [3.8, 4) is 0 Å². The zero-order chi connectivity index (χ0) is 9.90. The number of thiophene rings is 1. The third-order valence-electron chi connectivity index (χ3n) is 1.47. The van der Waals surface area contributed by atoms with Gasteiger partial charge in [0.05, 0.1) is 10.1 Å². The molecule has 0 saturated carbocycles. The summed E-state index contributed by atoms with van der Waals surface area (Å²) in [5, 5.41) is 0. The Morgan fingerprint density at radius 2 is 2.15 bits per heavy atom. The molecule has 1 aromatic rings. The predicted molar refractivity (Wildman–Crippen MR) is 55.1 cm³/mol. The number of hydrogen-bond donors (Lipinski definition) is 1. The fraction of sp³-hybridized carbons (Fsp3) is 0.429. The lowest BCUT2D eigenvalue weighted by atomic mass is 10.5. The summed E-state index contributed by atoms with van der Waals surface area (Å²) in [6.07, 6.45) is 0.484. The fourth-order valence-electron chi connectivity index (χ4n) is 0.839. The zero-order valence-electron chi connectivity index (χ0n) is 6.86. The van der Waals surface area contributed by atoms with Gasteiger partial charge in [-0.05, 0) is 25.1 Å². The summed E-state index contributed by atoms with van der Waals surface area (Å²) in [4.78, 5) is 0. The molecular weight excluding hydrogens is 230 g/mol. The molecule has 0 amide bonds. The summed E-state index contributed by atoms with van der Waals surface area (Å²) in [6.45, 7) is 0.387. The summed E-state index contributed by atoms with van der Waals surface area (Å²) >= 11 is 6.71. The maximum Gasteiger partial charge on any atom is 0.187 e. The van der Waals surface area contributed by atoms with E-state index in [-0.39, 0.29) is 5.75 Å². The van der Waals surface area contributed by atoms with Gasteiger partial charge in [0.25, 0.3) is 0 Å². The van der Waals surface area contributed by atoms with Gasteiger partial charge in [-0.3, -0.25) is 0 Å². The molecule has 2 N–H and O–H groups in total. The highest BCUT2D eigenvalue weighted by Gasteiger charge is 2.15. The van der Waals surface area contributed by atoms with E-state index in [1.165, 1.54) is 6.07 Å². The molecule has 3 nitrogen and oxygen atoms in total. The second kappa shape index (κ2) is 4.41. The van der Waals surface area contributed by atoms with Crippen LogP contribution in [0, 0.1) is 0 Å². The smallest absolute Gasteiger partial charge is 0.187 e. The SMILES string of the molecule is NCCCS(=O)(=O)c1ccc(Cl)s1. The Morgan fingerprint density at radius 3 is 2.62 bits per heavy atom. The number of sulfone groups is 1. The lowest BCUT2D eigenvalue weighted by molar-refractivity contribution is 0.595. The van der Waals surface area contributed by atoms with Crippen LogP contribution in [0.1, 0.15) is 6.42 Å². The van der Waals surface area contributed by atoms with Crippen molar-refractivity contribution < 1.29 is 8.42 Å². The topological polar surface area (TPSA) is 60.2 Å². The lowest BCUT2D eigenvalue weighted by Gasteiger charge is -1.98. The monoisotopic (exact) mass is 239 g/mol. The van der Waals surface area contributed by atoms with Crippen LogP contribution in [0.4, 0.5) is 0 Å². The largest absolute Gasteiger partial charge is 0.330 e. The fourth-order valence-corrected chi connectivity index (χ4v) is 3.80. The van der Waals surface area contributed by atoms with Crippen LogP contribution < -0.4 is 5.73 Å². The molecule has 0 spiro atoms. The molecule has 13 heavy (non-hydrogen) atoms. The molecule has 1 heterocycles. The van der Waals surface area contributed by atoms with Crippen molar-refractivity contribution in [3.63, 3.8) is 0 Å². The Hall–Kier alpha value is -0.100. The van der Waals surface area contributed by atoms with Crippen molar-refractivity contribution in [2.45, 2.75) is 10.6 Å². The van der Waals surface area contributed by atoms with Crippen molar-refractivity contribution in [1.82, 2.24) is 0 Å². The van der Waals surface area contributed by atoms with E-state index in [2.05, 4.69) is 0 Å². The van der Waals surface area contributed by atoms with Crippen LogP contribution in [-0.4, -0.2) is 20.7 Å². The van der Waals surface area contributed by atoms with Crippen molar-refractivity contribution in [2.24, 2.45) is 5.73 Å². The molecule has 6 heteroatoms. The van der Waals surface area contributed by atoms with Crippen LogP contribution in [-0.2, 0) is 9.84 Å². The normalized spacial score (nSPS) is 11.8. The quantitative estimate of drug-likeness (QED) is 0.867. The maximum atomic E-state index is 11.5. The van der Waals surface area contributed by atoms with E-state index < -0.39 is 9.84 Å². The Balaban J connectivity index is 2.82. The Bertz CT molecular complexity index is 372. The summed E-state index contributed by atoms with van der Waals surface area (Å²) in [7, 11) is -3.15. The standard InChI is InChI=1S/C7H10ClNO2S2/c8-6-2-3-7(12-6)13(10,11)5-1-4-9/h2-3H,1,4-5,9H2. The van der Waals surface area contributed by atoms with Crippen LogP contribution in [0.15, 0.2) is 16.3 Å². The third-order valence-corrected chi connectivity index (χ3v) is 5.09. The summed E-state index contributed by atoms with van der Waals surface area (Å²) in [5.41, 5.74) is 5.23. The molecule has 0 unspecified atom stereocenters. The highest BCUT2D eigenvalue weighted by atomic mass is 35.5. The lowest BCUT2D eigenvalue weighted by Crippen LogP contribution is -2.10. The van der Waals surface area contributed by atoms with Gasteiger partial charge in [0.15, 0.2) is 9.84 Å². The van der Waals surface area contributed by atoms with Gasteiger partial charge in [0, 0.05) is 0 Å². The molecule has 0 fully saturated rings. The van der Waals surface area contributed by atoms with Crippen molar-refractivity contribution in [2.75, 3.05) is 12.3 Å². The van der Waals surface area contributed by atoms with Gasteiger partial charge in [-0.25, -0.2) is 8.42 Å². The molecule has 0 aromatic carbocycles. The molecule has 0 atom stereocenters. The van der Waals surface area contributed by atoms with Crippen LogP contribution in [0.2, 0.25) is 4.34 Å². The molecule has 74 valence electrons. The zero-order valence-corrected chi connectivity index (χ0v) is 9.25. The highest BCUT2D eigenvalue weighted by Crippen LogP contribution is 2.26. The average Bonchev–Trinajstić information content (AvgIpc) is 2.49. The van der Waals surface area contributed by atoms with E-state index >= 15 is 0 Å². The number of halogens is 1. The third kappa shape index (κ3) is 2.95. The van der Waals surface area contributed by atoms with Crippen LogP contribution in [0.5, 0.6) is 0 Å². The first-order valence-corrected chi connectivity index (χ1v) is 6.59. The molecule has 1 rings (SSSR count). The van der Waals surface area contributed by atoms with Gasteiger partial charge in [-0.1, -0.05) is 11.6 Å². The molecule has 0 radical (unpaired) electrons. The van der Waals surface area contributed by atoms with Crippen LogP contribution in [0.3, 0.4) is 0 Å². The first-order chi connectivity index (χ1) is 6.06. The van der Waals surface area contributed by atoms with Crippen molar-refractivity contribution in [3.05, 3.63) is 16.5 Å². The van der Waals surface area contributed by atoms with Crippen molar-refractivity contribution in [1.29, 1.82) is 0 Å². The number of rotatable bonds is 4. The van der Waals surface area contributed by atoms with E-state index in [1.807, 2.05) is 0 Å². The second-order valence-electron chi connectivity index (χ2n) is 2.52. The van der Waals surface area contributed by atoms with Gasteiger partial charge in [-0.15, -0.1) is 11.3 Å². The number of hydrogen-bond acceptors (Lipinski definition) is 4. The first-order valence-electron chi connectivity index (χ1n) is 3.74. The first kappa shape index (κ1) is 11.0. The minimum Gasteiger partial charge on any atom is -0.330 e. The summed E-state index contributed by atoms with van der Waals surface area (Å²) in [5.74, 6) is 0.0976.